The highest BCUT2D eigenvalue weighted by Crippen LogP contribution is 2.50. The first-order valence-corrected chi connectivity index (χ1v) is 9.33. The van der Waals surface area contributed by atoms with E-state index in [-0.39, 0.29) is 0 Å². The van der Waals surface area contributed by atoms with Gasteiger partial charge < -0.3 is 14.8 Å². The fourth-order valence-corrected chi connectivity index (χ4v) is 4.87. The Morgan fingerprint density at radius 3 is 1.72 bits per heavy atom. The first-order valence-electron chi connectivity index (χ1n) is 9.33. The lowest BCUT2D eigenvalue weighted by Crippen LogP contribution is -2.44. The highest BCUT2D eigenvalue weighted by Gasteiger charge is 2.41. The SMILES string of the molecule is COc1ccccc1C1NC(c2ccccc2OC)C2CCCC1C2. The van der Waals surface area contributed by atoms with Gasteiger partial charge in [0.15, 0.2) is 0 Å². The lowest BCUT2D eigenvalue weighted by molar-refractivity contribution is 0.104. The molecule has 2 aliphatic rings. The van der Waals surface area contributed by atoms with Crippen molar-refractivity contribution in [1.29, 1.82) is 0 Å². The number of piperidine rings is 1. The highest BCUT2D eigenvalue weighted by atomic mass is 16.5. The smallest absolute Gasteiger partial charge is 0.123 e. The van der Waals surface area contributed by atoms with E-state index >= 15 is 0 Å². The summed E-state index contributed by atoms with van der Waals surface area (Å²) in [6, 6.07) is 17.6. The molecule has 2 aromatic rings. The average Bonchev–Trinajstić information content (AvgIpc) is 2.68. The van der Waals surface area contributed by atoms with E-state index in [1.54, 1.807) is 14.2 Å². The molecule has 4 rings (SSSR count). The first-order chi connectivity index (χ1) is 12.3. The minimum absolute atomic E-state index is 0.336. The normalized spacial score (nSPS) is 28.4. The van der Waals surface area contributed by atoms with Gasteiger partial charge in [-0.3, -0.25) is 0 Å². The quantitative estimate of drug-likeness (QED) is 0.861. The van der Waals surface area contributed by atoms with Gasteiger partial charge in [0, 0.05) is 23.2 Å². The molecule has 1 aliphatic heterocycles. The van der Waals surface area contributed by atoms with Crippen molar-refractivity contribution in [2.45, 2.75) is 37.8 Å². The number of ether oxygens (including phenoxy) is 2. The van der Waals surface area contributed by atoms with E-state index in [2.05, 4.69) is 41.7 Å². The lowest BCUT2D eigenvalue weighted by Gasteiger charge is -2.47. The largest absolute Gasteiger partial charge is 0.496 e. The molecule has 1 saturated carbocycles. The maximum absolute atomic E-state index is 5.66. The Morgan fingerprint density at radius 2 is 1.24 bits per heavy atom. The highest BCUT2D eigenvalue weighted by molar-refractivity contribution is 5.40. The summed E-state index contributed by atoms with van der Waals surface area (Å²) < 4.78 is 11.3. The van der Waals surface area contributed by atoms with Crippen molar-refractivity contribution >= 4 is 0 Å². The third kappa shape index (κ3) is 3.02. The molecule has 0 spiro atoms. The van der Waals surface area contributed by atoms with Crippen LogP contribution >= 0.6 is 0 Å². The summed E-state index contributed by atoms with van der Waals surface area (Å²) in [5.41, 5.74) is 2.57. The molecular weight excluding hydrogens is 310 g/mol. The number of para-hydroxylation sites is 2. The van der Waals surface area contributed by atoms with Gasteiger partial charge in [-0.05, 0) is 43.2 Å². The molecule has 3 heteroatoms. The number of nitrogens with one attached hydrogen (secondary N) is 1. The monoisotopic (exact) mass is 337 g/mol. The zero-order valence-corrected chi connectivity index (χ0v) is 15.1. The first kappa shape index (κ1) is 16.5. The molecule has 132 valence electrons. The molecule has 2 bridgehead atoms. The van der Waals surface area contributed by atoms with Crippen LogP contribution in [-0.2, 0) is 0 Å². The predicted molar refractivity (Wildman–Crippen MR) is 100 cm³/mol. The molecule has 1 saturated heterocycles. The minimum atomic E-state index is 0.336. The van der Waals surface area contributed by atoms with Crippen molar-refractivity contribution in [3.63, 3.8) is 0 Å². The van der Waals surface area contributed by atoms with Gasteiger partial charge in [0.25, 0.3) is 0 Å². The summed E-state index contributed by atoms with van der Waals surface area (Å²) in [6.45, 7) is 0. The van der Waals surface area contributed by atoms with Crippen molar-refractivity contribution < 1.29 is 9.47 Å². The Hall–Kier alpha value is -2.00. The predicted octanol–water partition coefficient (Wildman–Crippen LogP) is 4.90. The molecule has 4 unspecified atom stereocenters. The third-order valence-electron chi connectivity index (χ3n) is 6.01. The van der Waals surface area contributed by atoms with Crippen LogP contribution in [0, 0.1) is 11.8 Å². The molecule has 1 aliphatic carbocycles. The Morgan fingerprint density at radius 1 is 0.760 bits per heavy atom. The molecule has 4 atom stereocenters. The number of rotatable bonds is 4. The van der Waals surface area contributed by atoms with Crippen LogP contribution in [0.2, 0.25) is 0 Å². The topological polar surface area (TPSA) is 30.5 Å². The van der Waals surface area contributed by atoms with Crippen LogP contribution in [-0.4, -0.2) is 14.2 Å². The molecule has 25 heavy (non-hydrogen) atoms. The maximum atomic E-state index is 5.66. The summed E-state index contributed by atoms with van der Waals surface area (Å²) in [7, 11) is 3.53. The number of methoxy groups -OCH3 is 2. The summed E-state index contributed by atoms with van der Waals surface area (Å²) >= 11 is 0. The second-order valence-corrected chi connectivity index (χ2v) is 7.29. The van der Waals surface area contributed by atoms with Crippen LogP contribution in [0.3, 0.4) is 0 Å². The van der Waals surface area contributed by atoms with E-state index in [4.69, 9.17) is 9.47 Å². The molecule has 2 fully saturated rings. The Kier molecular flexibility index (Phi) is 4.67. The van der Waals surface area contributed by atoms with E-state index < -0.39 is 0 Å². The van der Waals surface area contributed by atoms with E-state index in [1.807, 2.05) is 12.1 Å². The standard InChI is InChI=1S/C22H27NO2/c1-24-19-12-5-3-10-17(19)21-15-8-7-9-16(14-15)22(23-21)18-11-4-6-13-20(18)25-2/h3-6,10-13,15-16,21-23H,7-9,14H2,1-2H3. The Labute approximate surface area is 150 Å². The lowest BCUT2D eigenvalue weighted by atomic mass is 9.68. The number of fused-ring (bicyclic) bond motifs is 2. The van der Waals surface area contributed by atoms with E-state index in [0.29, 0.717) is 23.9 Å². The van der Waals surface area contributed by atoms with Crippen molar-refractivity contribution in [3.8, 4) is 11.5 Å². The number of hydrogen-bond acceptors (Lipinski definition) is 3. The second kappa shape index (κ2) is 7.09. The summed E-state index contributed by atoms with van der Waals surface area (Å²) in [5.74, 6) is 3.34. The zero-order chi connectivity index (χ0) is 17.2. The van der Waals surface area contributed by atoms with Gasteiger partial charge in [-0.1, -0.05) is 42.8 Å². The van der Waals surface area contributed by atoms with Crippen LogP contribution in [0.4, 0.5) is 0 Å². The van der Waals surface area contributed by atoms with Crippen molar-refractivity contribution in [2.24, 2.45) is 11.8 Å². The van der Waals surface area contributed by atoms with Gasteiger partial charge in [-0.2, -0.15) is 0 Å². The van der Waals surface area contributed by atoms with Crippen LogP contribution in [0.5, 0.6) is 11.5 Å². The molecule has 2 aromatic carbocycles. The van der Waals surface area contributed by atoms with Crippen molar-refractivity contribution in [1.82, 2.24) is 5.32 Å². The molecule has 1 heterocycles. The van der Waals surface area contributed by atoms with Crippen molar-refractivity contribution in [2.75, 3.05) is 14.2 Å². The van der Waals surface area contributed by atoms with Crippen LogP contribution in [0.25, 0.3) is 0 Å². The van der Waals surface area contributed by atoms with E-state index in [1.165, 1.54) is 36.8 Å². The van der Waals surface area contributed by atoms with Gasteiger partial charge in [-0.25, -0.2) is 0 Å². The summed E-state index contributed by atoms with van der Waals surface area (Å²) in [5, 5.41) is 3.98. The molecule has 0 radical (unpaired) electrons. The molecule has 0 amide bonds. The molecule has 0 aromatic heterocycles. The molecular formula is C22H27NO2. The third-order valence-corrected chi connectivity index (χ3v) is 6.01. The van der Waals surface area contributed by atoms with E-state index in [9.17, 15) is 0 Å². The number of benzene rings is 2. The summed E-state index contributed by atoms with van der Waals surface area (Å²) in [4.78, 5) is 0. The van der Waals surface area contributed by atoms with Crippen molar-refractivity contribution in [3.05, 3.63) is 59.7 Å². The summed E-state index contributed by atoms with van der Waals surface area (Å²) in [6.07, 6.45) is 5.18. The Balaban J connectivity index is 1.72. The number of hydrogen-bond donors (Lipinski definition) is 1. The van der Waals surface area contributed by atoms with Gasteiger partial charge >= 0.3 is 0 Å². The van der Waals surface area contributed by atoms with Crippen LogP contribution in [0.15, 0.2) is 48.5 Å². The maximum Gasteiger partial charge on any atom is 0.123 e. The van der Waals surface area contributed by atoms with Gasteiger partial charge in [-0.15, -0.1) is 0 Å². The Bertz CT molecular complexity index is 670. The van der Waals surface area contributed by atoms with Crippen LogP contribution < -0.4 is 14.8 Å². The second-order valence-electron chi connectivity index (χ2n) is 7.29. The van der Waals surface area contributed by atoms with Gasteiger partial charge in [0.1, 0.15) is 11.5 Å². The fraction of sp³-hybridized carbons (Fsp3) is 0.455. The van der Waals surface area contributed by atoms with Gasteiger partial charge in [0.2, 0.25) is 0 Å². The molecule has 3 nitrogen and oxygen atoms in total. The fourth-order valence-electron chi connectivity index (χ4n) is 4.87. The zero-order valence-electron chi connectivity index (χ0n) is 15.1. The van der Waals surface area contributed by atoms with Crippen LogP contribution in [0.1, 0.15) is 48.9 Å². The van der Waals surface area contributed by atoms with Gasteiger partial charge in [0.05, 0.1) is 14.2 Å². The van der Waals surface area contributed by atoms with E-state index in [0.717, 1.165) is 11.5 Å². The average molecular weight is 337 g/mol. The molecule has 1 N–H and O–H groups in total. The minimum Gasteiger partial charge on any atom is -0.496 e.